The van der Waals surface area contributed by atoms with E-state index in [4.69, 9.17) is 4.74 Å². The molecule has 1 aliphatic rings. The Kier molecular flexibility index (Phi) is 4.42. The Morgan fingerprint density at radius 2 is 2.41 bits per heavy atom. The molecule has 4 heteroatoms. The summed E-state index contributed by atoms with van der Waals surface area (Å²) in [7, 11) is 0. The van der Waals surface area contributed by atoms with E-state index >= 15 is 0 Å². The van der Waals surface area contributed by atoms with Gasteiger partial charge in [0.25, 0.3) is 0 Å². The van der Waals surface area contributed by atoms with Crippen molar-refractivity contribution in [2.45, 2.75) is 25.9 Å². The SMILES string of the molecule is CC(NCc1cc(Br)ccc1O)C1CCOC1. The van der Waals surface area contributed by atoms with Crippen molar-refractivity contribution in [3.63, 3.8) is 0 Å². The molecule has 0 spiro atoms. The quantitative estimate of drug-likeness (QED) is 0.898. The summed E-state index contributed by atoms with van der Waals surface area (Å²) in [5, 5.41) is 13.2. The molecule has 17 heavy (non-hydrogen) atoms. The lowest BCUT2D eigenvalue weighted by atomic mass is 10.0. The van der Waals surface area contributed by atoms with Gasteiger partial charge in [-0.15, -0.1) is 0 Å². The maximum atomic E-state index is 9.73. The lowest BCUT2D eigenvalue weighted by Gasteiger charge is -2.19. The molecule has 1 aromatic rings. The van der Waals surface area contributed by atoms with Crippen LogP contribution < -0.4 is 5.32 Å². The van der Waals surface area contributed by atoms with Crippen LogP contribution in [-0.2, 0) is 11.3 Å². The topological polar surface area (TPSA) is 41.5 Å². The third-order valence-electron chi connectivity index (χ3n) is 3.33. The summed E-state index contributed by atoms with van der Waals surface area (Å²) in [6, 6.07) is 5.91. The molecule has 0 amide bonds. The summed E-state index contributed by atoms with van der Waals surface area (Å²) in [5.41, 5.74) is 0.921. The van der Waals surface area contributed by atoms with Crippen LogP contribution in [0.5, 0.6) is 5.75 Å². The molecular formula is C13H18BrNO2. The molecule has 1 fully saturated rings. The average Bonchev–Trinajstić information content (AvgIpc) is 2.83. The molecule has 0 aliphatic carbocycles. The number of aromatic hydroxyl groups is 1. The number of hydrogen-bond donors (Lipinski definition) is 2. The zero-order chi connectivity index (χ0) is 12.3. The zero-order valence-electron chi connectivity index (χ0n) is 9.95. The van der Waals surface area contributed by atoms with Crippen LogP contribution in [0.15, 0.2) is 22.7 Å². The highest BCUT2D eigenvalue weighted by molar-refractivity contribution is 9.10. The molecule has 2 N–H and O–H groups in total. The second-order valence-electron chi connectivity index (χ2n) is 4.57. The fraction of sp³-hybridized carbons (Fsp3) is 0.538. The van der Waals surface area contributed by atoms with Crippen LogP contribution >= 0.6 is 15.9 Å². The van der Waals surface area contributed by atoms with Crippen molar-refractivity contribution in [2.24, 2.45) is 5.92 Å². The number of phenols is 1. The molecular weight excluding hydrogens is 282 g/mol. The number of halogens is 1. The van der Waals surface area contributed by atoms with E-state index in [2.05, 4.69) is 28.2 Å². The standard InChI is InChI=1S/C13H18BrNO2/c1-9(10-4-5-17-8-10)15-7-11-6-12(14)2-3-13(11)16/h2-3,6,9-10,15-16H,4-5,7-8H2,1H3. The second kappa shape index (κ2) is 5.85. The van der Waals surface area contributed by atoms with E-state index in [1.807, 2.05) is 12.1 Å². The minimum atomic E-state index is 0.343. The van der Waals surface area contributed by atoms with Gasteiger partial charge in [-0.25, -0.2) is 0 Å². The zero-order valence-corrected chi connectivity index (χ0v) is 11.5. The van der Waals surface area contributed by atoms with Crippen LogP contribution in [0.4, 0.5) is 0 Å². The molecule has 2 unspecified atom stereocenters. The van der Waals surface area contributed by atoms with Crippen LogP contribution in [0, 0.1) is 5.92 Å². The largest absolute Gasteiger partial charge is 0.508 e. The minimum absolute atomic E-state index is 0.343. The molecule has 1 aromatic carbocycles. The van der Waals surface area contributed by atoms with E-state index in [9.17, 15) is 5.11 Å². The van der Waals surface area contributed by atoms with Gasteiger partial charge in [0.1, 0.15) is 5.75 Å². The molecule has 1 heterocycles. The Morgan fingerprint density at radius 3 is 3.12 bits per heavy atom. The maximum absolute atomic E-state index is 9.73. The van der Waals surface area contributed by atoms with Crippen LogP contribution in [0.3, 0.4) is 0 Å². The van der Waals surface area contributed by atoms with E-state index in [1.54, 1.807) is 6.07 Å². The number of nitrogens with one attached hydrogen (secondary N) is 1. The first-order chi connectivity index (χ1) is 8.16. The van der Waals surface area contributed by atoms with E-state index in [1.165, 1.54) is 0 Å². The molecule has 2 rings (SSSR count). The Bertz CT molecular complexity index is 378. The molecule has 1 saturated heterocycles. The van der Waals surface area contributed by atoms with Gasteiger partial charge in [0.05, 0.1) is 6.61 Å². The van der Waals surface area contributed by atoms with Gasteiger partial charge in [-0.1, -0.05) is 15.9 Å². The second-order valence-corrected chi connectivity index (χ2v) is 5.48. The third-order valence-corrected chi connectivity index (χ3v) is 3.82. The van der Waals surface area contributed by atoms with E-state index < -0.39 is 0 Å². The summed E-state index contributed by atoms with van der Waals surface area (Å²) in [6.07, 6.45) is 1.12. The number of ether oxygens (including phenoxy) is 1. The highest BCUT2D eigenvalue weighted by Gasteiger charge is 2.21. The molecule has 3 nitrogen and oxygen atoms in total. The van der Waals surface area contributed by atoms with Crippen molar-refractivity contribution < 1.29 is 9.84 Å². The number of benzene rings is 1. The van der Waals surface area contributed by atoms with Gasteiger partial charge in [-0.2, -0.15) is 0 Å². The normalized spacial score (nSPS) is 21.6. The lowest BCUT2D eigenvalue weighted by molar-refractivity contribution is 0.178. The summed E-state index contributed by atoms with van der Waals surface area (Å²) < 4.78 is 6.37. The highest BCUT2D eigenvalue weighted by atomic mass is 79.9. The van der Waals surface area contributed by atoms with Crippen LogP contribution in [-0.4, -0.2) is 24.4 Å². The molecule has 1 aliphatic heterocycles. The smallest absolute Gasteiger partial charge is 0.120 e. The first-order valence-electron chi connectivity index (χ1n) is 5.95. The fourth-order valence-electron chi connectivity index (χ4n) is 2.08. The Morgan fingerprint density at radius 1 is 1.59 bits per heavy atom. The van der Waals surface area contributed by atoms with E-state index in [0.29, 0.717) is 24.3 Å². The Hall–Kier alpha value is -0.580. The number of phenolic OH excluding ortho intramolecular Hbond substituents is 1. The molecule has 94 valence electrons. The fourth-order valence-corrected chi connectivity index (χ4v) is 2.49. The lowest BCUT2D eigenvalue weighted by Crippen LogP contribution is -2.33. The van der Waals surface area contributed by atoms with E-state index in [-0.39, 0.29) is 0 Å². The van der Waals surface area contributed by atoms with Crippen molar-refractivity contribution >= 4 is 15.9 Å². The van der Waals surface area contributed by atoms with Gasteiger partial charge < -0.3 is 15.2 Å². The van der Waals surface area contributed by atoms with Gasteiger partial charge in [0.15, 0.2) is 0 Å². The van der Waals surface area contributed by atoms with Crippen molar-refractivity contribution in [2.75, 3.05) is 13.2 Å². The Balaban J connectivity index is 1.90. The Labute approximate surface area is 110 Å². The number of rotatable bonds is 4. The number of hydrogen-bond acceptors (Lipinski definition) is 3. The summed E-state index contributed by atoms with van der Waals surface area (Å²) in [4.78, 5) is 0. The predicted molar refractivity (Wildman–Crippen MR) is 71.0 cm³/mol. The van der Waals surface area contributed by atoms with Gasteiger partial charge in [0.2, 0.25) is 0 Å². The van der Waals surface area contributed by atoms with Crippen molar-refractivity contribution in [1.82, 2.24) is 5.32 Å². The highest BCUT2D eigenvalue weighted by Crippen LogP contribution is 2.22. The van der Waals surface area contributed by atoms with E-state index in [0.717, 1.165) is 29.7 Å². The van der Waals surface area contributed by atoms with Crippen molar-refractivity contribution in [3.05, 3.63) is 28.2 Å². The monoisotopic (exact) mass is 299 g/mol. The van der Waals surface area contributed by atoms with Crippen molar-refractivity contribution in [3.8, 4) is 5.75 Å². The maximum Gasteiger partial charge on any atom is 0.120 e. The van der Waals surface area contributed by atoms with Crippen LogP contribution in [0.1, 0.15) is 18.9 Å². The molecule has 0 bridgehead atoms. The van der Waals surface area contributed by atoms with Crippen LogP contribution in [0.2, 0.25) is 0 Å². The van der Waals surface area contributed by atoms with Crippen LogP contribution in [0.25, 0.3) is 0 Å². The first-order valence-corrected chi connectivity index (χ1v) is 6.74. The molecule has 0 saturated carbocycles. The third kappa shape index (κ3) is 3.44. The van der Waals surface area contributed by atoms with Gasteiger partial charge in [0, 0.05) is 29.2 Å². The van der Waals surface area contributed by atoms with Crippen molar-refractivity contribution in [1.29, 1.82) is 0 Å². The van der Waals surface area contributed by atoms with Gasteiger partial charge in [-0.05, 0) is 37.5 Å². The van der Waals surface area contributed by atoms with Gasteiger partial charge in [-0.3, -0.25) is 0 Å². The summed E-state index contributed by atoms with van der Waals surface area (Å²) in [6.45, 7) is 4.58. The minimum Gasteiger partial charge on any atom is -0.508 e. The summed E-state index contributed by atoms with van der Waals surface area (Å²) in [5.74, 6) is 0.930. The molecule has 0 aromatic heterocycles. The average molecular weight is 300 g/mol. The first kappa shape index (κ1) is 12.9. The summed E-state index contributed by atoms with van der Waals surface area (Å²) >= 11 is 3.41. The van der Waals surface area contributed by atoms with Gasteiger partial charge >= 0.3 is 0 Å². The molecule has 2 atom stereocenters. The molecule has 0 radical (unpaired) electrons. The predicted octanol–water partition coefficient (Wildman–Crippen LogP) is 2.67.